The number of nitrogens with one attached hydrogen (secondary N) is 2. The number of amides is 1. The highest BCUT2D eigenvalue weighted by Gasteiger charge is 2.13. The van der Waals surface area contributed by atoms with E-state index in [-0.39, 0.29) is 11.4 Å². The summed E-state index contributed by atoms with van der Waals surface area (Å²) in [5, 5.41) is 6.21. The smallest absolute Gasteiger partial charge is 0.222 e. The highest BCUT2D eigenvalue weighted by atomic mass is 35.5. The van der Waals surface area contributed by atoms with E-state index in [9.17, 15) is 4.79 Å². The summed E-state index contributed by atoms with van der Waals surface area (Å²) in [7, 11) is 0. The molecule has 18 heavy (non-hydrogen) atoms. The summed E-state index contributed by atoms with van der Waals surface area (Å²) < 4.78 is 0. The van der Waals surface area contributed by atoms with Gasteiger partial charge in [-0.15, -0.1) is 0 Å². The number of rotatable bonds is 4. The van der Waals surface area contributed by atoms with Crippen molar-refractivity contribution in [2.45, 2.75) is 32.7 Å². The van der Waals surface area contributed by atoms with Crippen LogP contribution in [0, 0.1) is 0 Å². The van der Waals surface area contributed by atoms with E-state index in [0.29, 0.717) is 29.6 Å². The van der Waals surface area contributed by atoms with Gasteiger partial charge in [-0.1, -0.05) is 11.6 Å². The molecule has 0 aromatic carbocycles. The number of nitrogen functional groups attached to an aromatic ring is 1. The first-order valence-corrected chi connectivity index (χ1v) is 6.12. The van der Waals surface area contributed by atoms with E-state index in [1.807, 2.05) is 20.8 Å². The Morgan fingerprint density at radius 2 is 2.11 bits per heavy atom. The lowest BCUT2D eigenvalue weighted by molar-refractivity contribution is -0.122. The first-order chi connectivity index (χ1) is 8.26. The van der Waals surface area contributed by atoms with Crippen molar-refractivity contribution in [1.82, 2.24) is 10.3 Å². The van der Waals surface area contributed by atoms with E-state index in [0.717, 1.165) is 0 Å². The van der Waals surface area contributed by atoms with Crippen molar-refractivity contribution >= 4 is 29.0 Å². The van der Waals surface area contributed by atoms with Crippen LogP contribution >= 0.6 is 11.6 Å². The molecule has 0 spiro atoms. The standard InChI is InChI=1S/C12H19ClN4O/c1-12(2,3)17-11(18)4-5-15-10-7-8(14)6-9(13)16-10/h6-7H,4-5H2,1-3H3,(H,17,18)(H3,14,15,16). The number of hydrogen-bond donors (Lipinski definition) is 3. The molecule has 0 radical (unpaired) electrons. The zero-order chi connectivity index (χ0) is 13.8. The molecule has 1 aromatic rings. The number of carbonyl (C=O) groups is 1. The molecule has 1 rings (SSSR count). The highest BCUT2D eigenvalue weighted by Crippen LogP contribution is 2.15. The number of nitrogens with zero attached hydrogens (tertiary/aromatic N) is 1. The third kappa shape index (κ3) is 5.72. The normalized spacial score (nSPS) is 11.1. The average molecular weight is 271 g/mol. The lowest BCUT2D eigenvalue weighted by atomic mass is 10.1. The van der Waals surface area contributed by atoms with E-state index in [2.05, 4.69) is 15.6 Å². The van der Waals surface area contributed by atoms with Crippen LogP contribution in [0.2, 0.25) is 5.15 Å². The summed E-state index contributed by atoms with van der Waals surface area (Å²) in [6, 6.07) is 3.24. The second-order valence-corrected chi connectivity index (χ2v) is 5.47. The van der Waals surface area contributed by atoms with E-state index >= 15 is 0 Å². The third-order valence-corrected chi connectivity index (χ3v) is 2.18. The Hall–Kier alpha value is -1.49. The molecule has 0 aliphatic rings. The van der Waals surface area contributed by atoms with Gasteiger partial charge in [0.05, 0.1) is 0 Å². The number of anilines is 2. The third-order valence-electron chi connectivity index (χ3n) is 1.99. The summed E-state index contributed by atoms with van der Waals surface area (Å²) in [4.78, 5) is 15.6. The maximum atomic E-state index is 11.6. The first kappa shape index (κ1) is 14.6. The molecule has 1 aromatic heterocycles. The molecule has 1 heterocycles. The van der Waals surface area contributed by atoms with Gasteiger partial charge in [0.25, 0.3) is 0 Å². The second-order valence-electron chi connectivity index (χ2n) is 5.08. The van der Waals surface area contributed by atoms with Gasteiger partial charge in [-0.3, -0.25) is 4.79 Å². The van der Waals surface area contributed by atoms with Crippen LogP contribution in [-0.2, 0) is 4.79 Å². The summed E-state index contributed by atoms with van der Waals surface area (Å²) in [5.74, 6) is 0.563. The molecular formula is C12H19ClN4O. The number of pyridine rings is 1. The molecule has 0 aliphatic carbocycles. The molecule has 5 nitrogen and oxygen atoms in total. The van der Waals surface area contributed by atoms with Gasteiger partial charge < -0.3 is 16.4 Å². The topological polar surface area (TPSA) is 80.0 Å². The highest BCUT2D eigenvalue weighted by molar-refractivity contribution is 6.29. The zero-order valence-electron chi connectivity index (χ0n) is 10.9. The number of nitrogens with two attached hydrogens (primary N) is 1. The molecule has 0 aliphatic heterocycles. The molecule has 0 unspecified atom stereocenters. The SMILES string of the molecule is CC(C)(C)NC(=O)CCNc1cc(N)cc(Cl)n1. The van der Waals surface area contributed by atoms with Gasteiger partial charge in [-0.2, -0.15) is 0 Å². The Morgan fingerprint density at radius 1 is 1.44 bits per heavy atom. The number of aromatic nitrogens is 1. The van der Waals surface area contributed by atoms with E-state index in [1.54, 1.807) is 12.1 Å². The van der Waals surface area contributed by atoms with Crippen LogP contribution in [0.4, 0.5) is 11.5 Å². The molecule has 0 atom stereocenters. The van der Waals surface area contributed by atoms with Crippen molar-refractivity contribution < 1.29 is 4.79 Å². The van der Waals surface area contributed by atoms with Gasteiger partial charge in [0.15, 0.2) is 0 Å². The quantitative estimate of drug-likeness (QED) is 0.732. The van der Waals surface area contributed by atoms with Crippen LogP contribution in [0.25, 0.3) is 0 Å². The fraction of sp³-hybridized carbons (Fsp3) is 0.500. The van der Waals surface area contributed by atoms with Crippen LogP contribution < -0.4 is 16.4 Å². The molecule has 6 heteroatoms. The minimum absolute atomic E-state index is 0.00926. The van der Waals surface area contributed by atoms with Crippen molar-refractivity contribution in [3.05, 3.63) is 17.3 Å². The molecule has 100 valence electrons. The fourth-order valence-corrected chi connectivity index (χ4v) is 1.61. The predicted octanol–water partition coefficient (Wildman–Crippen LogP) is 2.03. The Bertz CT molecular complexity index is 408. The van der Waals surface area contributed by atoms with Crippen LogP contribution in [0.15, 0.2) is 12.1 Å². The minimum atomic E-state index is -0.212. The predicted molar refractivity (Wildman–Crippen MR) is 74.7 cm³/mol. The lowest BCUT2D eigenvalue weighted by Crippen LogP contribution is -2.41. The van der Waals surface area contributed by atoms with E-state index in [4.69, 9.17) is 17.3 Å². The lowest BCUT2D eigenvalue weighted by Gasteiger charge is -2.20. The van der Waals surface area contributed by atoms with Crippen LogP contribution in [0.5, 0.6) is 0 Å². The minimum Gasteiger partial charge on any atom is -0.399 e. The Kier molecular flexibility index (Phi) is 4.78. The fourth-order valence-electron chi connectivity index (χ4n) is 1.39. The molecule has 4 N–H and O–H groups in total. The van der Waals surface area contributed by atoms with Crippen molar-refractivity contribution in [2.24, 2.45) is 0 Å². The number of halogens is 1. The van der Waals surface area contributed by atoms with Crippen LogP contribution in [0.3, 0.4) is 0 Å². The summed E-state index contributed by atoms with van der Waals surface area (Å²) in [6.07, 6.45) is 0.366. The van der Waals surface area contributed by atoms with Gasteiger partial charge in [-0.25, -0.2) is 4.98 Å². The molecule has 0 fully saturated rings. The van der Waals surface area contributed by atoms with Gasteiger partial charge in [0.1, 0.15) is 11.0 Å². The van der Waals surface area contributed by atoms with Crippen molar-refractivity contribution in [3.8, 4) is 0 Å². The zero-order valence-corrected chi connectivity index (χ0v) is 11.6. The Morgan fingerprint density at radius 3 is 2.67 bits per heavy atom. The monoisotopic (exact) mass is 270 g/mol. The van der Waals surface area contributed by atoms with E-state index < -0.39 is 0 Å². The molecule has 1 amide bonds. The van der Waals surface area contributed by atoms with Crippen molar-refractivity contribution in [1.29, 1.82) is 0 Å². The molecule has 0 saturated heterocycles. The van der Waals surface area contributed by atoms with Crippen molar-refractivity contribution in [3.63, 3.8) is 0 Å². The summed E-state index contributed by atoms with van der Waals surface area (Å²) in [6.45, 7) is 6.31. The van der Waals surface area contributed by atoms with Gasteiger partial charge in [0.2, 0.25) is 5.91 Å². The summed E-state index contributed by atoms with van der Waals surface area (Å²) in [5.41, 5.74) is 5.96. The van der Waals surface area contributed by atoms with Crippen LogP contribution in [-0.4, -0.2) is 23.0 Å². The summed E-state index contributed by atoms with van der Waals surface area (Å²) >= 11 is 5.77. The van der Waals surface area contributed by atoms with Crippen molar-refractivity contribution in [2.75, 3.05) is 17.6 Å². The average Bonchev–Trinajstić information content (AvgIpc) is 2.12. The van der Waals surface area contributed by atoms with Crippen LogP contribution in [0.1, 0.15) is 27.2 Å². The molecule has 0 bridgehead atoms. The number of carbonyl (C=O) groups excluding carboxylic acids is 1. The molecule has 0 saturated carbocycles. The maximum Gasteiger partial charge on any atom is 0.222 e. The van der Waals surface area contributed by atoms with Gasteiger partial charge in [-0.05, 0) is 26.8 Å². The first-order valence-electron chi connectivity index (χ1n) is 5.74. The number of hydrogen-bond acceptors (Lipinski definition) is 4. The Balaban J connectivity index is 2.40. The van der Waals surface area contributed by atoms with Gasteiger partial charge >= 0.3 is 0 Å². The second kappa shape index (κ2) is 5.91. The van der Waals surface area contributed by atoms with E-state index in [1.165, 1.54) is 0 Å². The largest absolute Gasteiger partial charge is 0.399 e. The Labute approximate surface area is 112 Å². The molecular weight excluding hydrogens is 252 g/mol. The maximum absolute atomic E-state index is 11.6. The van der Waals surface area contributed by atoms with Gasteiger partial charge in [0, 0.05) is 30.3 Å².